The van der Waals surface area contributed by atoms with E-state index in [2.05, 4.69) is 0 Å². The van der Waals surface area contributed by atoms with Crippen LogP contribution in [0.3, 0.4) is 0 Å². The first-order chi connectivity index (χ1) is 10.9. The first kappa shape index (κ1) is 17.4. The molecule has 2 aromatic carbocycles. The number of hydrogen-bond donors (Lipinski definition) is 0. The second kappa shape index (κ2) is 7.55. The van der Waals surface area contributed by atoms with Gasteiger partial charge in [-0.3, -0.25) is 15.0 Å². The van der Waals surface area contributed by atoms with Gasteiger partial charge in [-0.25, -0.2) is 0 Å². The number of hydrogen-bond acceptors (Lipinski definition) is 4. The van der Waals surface area contributed by atoms with Crippen LogP contribution in [0.4, 0.5) is 5.69 Å². The van der Waals surface area contributed by atoms with E-state index in [0.717, 1.165) is 11.8 Å². The highest BCUT2D eigenvalue weighted by Crippen LogP contribution is 2.26. The number of nitro benzene ring substituents is 1. The van der Waals surface area contributed by atoms with E-state index in [0.29, 0.717) is 22.2 Å². The molecule has 0 heterocycles. The third kappa shape index (κ3) is 4.28. The van der Waals surface area contributed by atoms with Crippen LogP contribution in [0.15, 0.2) is 42.5 Å². The number of halogens is 2. The molecule has 0 spiro atoms. The van der Waals surface area contributed by atoms with Crippen LogP contribution in [0, 0.1) is 10.1 Å². The Kier molecular flexibility index (Phi) is 5.71. The summed E-state index contributed by atoms with van der Waals surface area (Å²) in [5.41, 5.74) is 1.32. The van der Waals surface area contributed by atoms with Crippen molar-refractivity contribution in [1.29, 1.82) is 0 Å². The van der Waals surface area contributed by atoms with Gasteiger partial charge in [0, 0.05) is 28.7 Å². The van der Waals surface area contributed by atoms with Gasteiger partial charge in [0.15, 0.2) is 0 Å². The van der Waals surface area contributed by atoms with Gasteiger partial charge in [-0.2, -0.15) is 0 Å². The number of aldehydes is 1. The standard InChI is InChI=1S/C16H14Cl2N2O3/c1-19(9-12-5-6-13(17)8-15(12)18)16(10-21)11-3-2-4-14(7-11)20(22)23/h2-8,10,16H,9H2,1H3. The van der Waals surface area contributed by atoms with Crippen molar-refractivity contribution in [3.05, 3.63) is 73.8 Å². The molecule has 0 aliphatic rings. The average Bonchev–Trinajstić information content (AvgIpc) is 2.51. The van der Waals surface area contributed by atoms with Gasteiger partial charge >= 0.3 is 0 Å². The smallest absolute Gasteiger partial charge is 0.269 e. The summed E-state index contributed by atoms with van der Waals surface area (Å²) in [5, 5.41) is 11.9. The van der Waals surface area contributed by atoms with Gasteiger partial charge in [-0.05, 0) is 30.3 Å². The maximum absolute atomic E-state index is 11.5. The third-order valence-electron chi connectivity index (χ3n) is 3.46. The van der Waals surface area contributed by atoms with E-state index in [1.165, 1.54) is 12.1 Å². The minimum atomic E-state index is -0.610. The lowest BCUT2D eigenvalue weighted by Crippen LogP contribution is -2.25. The fourth-order valence-corrected chi connectivity index (χ4v) is 2.74. The highest BCUT2D eigenvalue weighted by molar-refractivity contribution is 6.35. The van der Waals surface area contributed by atoms with Crippen LogP contribution in [0.2, 0.25) is 10.0 Å². The number of carbonyl (C=O) groups is 1. The van der Waals surface area contributed by atoms with Gasteiger partial charge in [0.1, 0.15) is 6.29 Å². The van der Waals surface area contributed by atoms with Crippen molar-refractivity contribution >= 4 is 35.2 Å². The quantitative estimate of drug-likeness (QED) is 0.442. The Morgan fingerprint density at radius 2 is 2.00 bits per heavy atom. The lowest BCUT2D eigenvalue weighted by molar-refractivity contribution is -0.384. The van der Waals surface area contributed by atoms with Crippen LogP contribution in [0.25, 0.3) is 0 Å². The van der Waals surface area contributed by atoms with Crippen molar-refractivity contribution in [2.45, 2.75) is 12.6 Å². The summed E-state index contributed by atoms with van der Waals surface area (Å²) < 4.78 is 0. The Hall–Kier alpha value is -1.95. The normalized spacial score (nSPS) is 12.2. The lowest BCUT2D eigenvalue weighted by Gasteiger charge is -2.24. The molecule has 5 nitrogen and oxygen atoms in total. The number of non-ortho nitro benzene ring substituents is 1. The van der Waals surface area contributed by atoms with Crippen LogP contribution >= 0.6 is 23.2 Å². The maximum atomic E-state index is 11.5. The van der Waals surface area contributed by atoms with Crippen LogP contribution in [0.1, 0.15) is 17.2 Å². The SMILES string of the molecule is CN(Cc1ccc(Cl)cc1Cl)C(C=O)c1cccc([N+](=O)[O-])c1. The zero-order valence-electron chi connectivity index (χ0n) is 12.3. The zero-order chi connectivity index (χ0) is 17.0. The molecule has 0 radical (unpaired) electrons. The summed E-state index contributed by atoms with van der Waals surface area (Å²) in [6.45, 7) is 0.405. The fourth-order valence-electron chi connectivity index (χ4n) is 2.28. The highest BCUT2D eigenvalue weighted by Gasteiger charge is 2.19. The predicted octanol–water partition coefficient (Wildman–Crippen LogP) is 4.27. The van der Waals surface area contributed by atoms with Crippen molar-refractivity contribution in [3.63, 3.8) is 0 Å². The Bertz CT molecular complexity index is 737. The maximum Gasteiger partial charge on any atom is 0.269 e. The van der Waals surface area contributed by atoms with Crippen molar-refractivity contribution in [1.82, 2.24) is 4.90 Å². The van der Waals surface area contributed by atoms with Gasteiger partial charge in [0.2, 0.25) is 0 Å². The van der Waals surface area contributed by atoms with E-state index in [-0.39, 0.29) is 5.69 Å². The van der Waals surface area contributed by atoms with Crippen molar-refractivity contribution < 1.29 is 9.72 Å². The summed E-state index contributed by atoms with van der Waals surface area (Å²) in [5.74, 6) is 0. The summed E-state index contributed by atoms with van der Waals surface area (Å²) >= 11 is 12.0. The molecule has 0 fully saturated rings. The van der Waals surface area contributed by atoms with Gasteiger partial charge in [0.25, 0.3) is 5.69 Å². The molecule has 0 aliphatic heterocycles. The molecule has 0 aromatic heterocycles. The second-order valence-corrected chi connectivity index (χ2v) is 5.93. The van der Waals surface area contributed by atoms with Crippen LogP contribution in [-0.2, 0) is 11.3 Å². The van der Waals surface area contributed by atoms with Crippen LogP contribution in [-0.4, -0.2) is 23.2 Å². The van der Waals surface area contributed by atoms with Gasteiger partial charge < -0.3 is 4.79 Å². The Labute approximate surface area is 143 Å². The highest BCUT2D eigenvalue weighted by atomic mass is 35.5. The summed E-state index contributed by atoms with van der Waals surface area (Å²) in [6.07, 6.45) is 0.753. The van der Waals surface area contributed by atoms with E-state index in [9.17, 15) is 14.9 Å². The van der Waals surface area contributed by atoms with Crippen LogP contribution < -0.4 is 0 Å². The molecule has 0 amide bonds. The number of nitrogens with zero attached hydrogens (tertiary/aromatic N) is 2. The second-order valence-electron chi connectivity index (χ2n) is 5.08. The summed E-state index contributed by atoms with van der Waals surface area (Å²) in [4.78, 5) is 23.6. The fraction of sp³-hybridized carbons (Fsp3) is 0.188. The minimum Gasteiger partial charge on any atom is -0.301 e. The molecular formula is C16H14Cl2N2O3. The molecule has 1 atom stereocenters. The van der Waals surface area contributed by atoms with Gasteiger partial charge in [-0.15, -0.1) is 0 Å². The molecule has 0 saturated heterocycles. The predicted molar refractivity (Wildman–Crippen MR) is 89.8 cm³/mol. The number of likely N-dealkylation sites (N-methyl/N-ethyl adjacent to an activating group) is 1. The molecule has 0 bridgehead atoms. The molecule has 2 rings (SSSR count). The lowest BCUT2D eigenvalue weighted by atomic mass is 10.1. The number of carbonyl (C=O) groups excluding carboxylic acids is 1. The molecular weight excluding hydrogens is 339 g/mol. The summed E-state index contributed by atoms with van der Waals surface area (Å²) in [6, 6.07) is 10.6. The van der Waals surface area contributed by atoms with Gasteiger partial charge in [0.05, 0.1) is 11.0 Å². The number of benzene rings is 2. The molecule has 0 saturated carbocycles. The van der Waals surface area contributed by atoms with E-state index in [1.54, 1.807) is 42.3 Å². The van der Waals surface area contributed by atoms with E-state index >= 15 is 0 Å². The first-order valence-corrected chi connectivity index (χ1v) is 7.51. The number of nitro groups is 1. The van der Waals surface area contributed by atoms with Crippen molar-refractivity contribution in [2.75, 3.05) is 7.05 Å². The van der Waals surface area contributed by atoms with Gasteiger partial charge in [-0.1, -0.05) is 41.4 Å². The number of rotatable bonds is 6. The Morgan fingerprint density at radius 1 is 1.26 bits per heavy atom. The van der Waals surface area contributed by atoms with E-state index in [4.69, 9.17) is 23.2 Å². The monoisotopic (exact) mass is 352 g/mol. The largest absolute Gasteiger partial charge is 0.301 e. The molecule has 23 heavy (non-hydrogen) atoms. The third-order valence-corrected chi connectivity index (χ3v) is 4.05. The molecule has 7 heteroatoms. The first-order valence-electron chi connectivity index (χ1n) is 6.76. The Morgan fingerprint density at radius 3 is 2.61 bits per heavy atom. The molecule has 0 N–H and O–H groups in total. The van der Waals surface area contributed by atoms with Crippen molar-refractivity contribution in [3.8, 4) is 0 Å². The van der Waals surface area contributed by atoms with E-state index < -0.39 is 11.0 Å². The summed E-state index contributed by atoms with van der Waals surface area (Å²) in [7, 11) is 1.75. The Balaban J connectivity index is 2.24. The van der Waals surface area contributed by atoms with Crippen LogP contribution in [0.5, 0.6) is 0 Å². The molecule has 120 valence electrons. The minimum absolute atomic E-state index is 0.0488. The zero-order valence-corrected chi connectivity index (χ0v) is 13.8. The topological polar surface area (TPSA) is 63.5 Å². The molecule has 2 aromatic rings. The van der Waals surface area contributed by atoms with Crippen molar-refractivity contribution in [2.24, 2.45) is 0 Å². The average molecular weight is 353 g/mol. The van der Waals surface area contributed by atoms with E-state index in [1.807, 2.05) is 0 Å². The molecule has 0 aliphatic carbocycles. The molecule has 1 unspecified atom stereocenters.